The number of ether oxygens (including phenoxy) is 1. The summed E-state index contributed by atoms with van der Waals surface area (Å²) in [6.07, 6.45) is 1.56. The number of sulfone groups is 1. The van der Waals surface area contributed by atoms with Crippen molar-refractivity contribution < 1.29 is 13.2 Å². The quantitative estimate of drug-likeness (QED) is 0.860. The molecule has 0 aliphatic heterocycles. The molecule has 0 saturated carbocycles. The predicted molar refractivity (Wildman–Crippen MR) is 75.7 cm³/mol. The van der Waals surface area contributed by atoms with E-state index in [1.165, 1.54) is 5.41 Å². The van der Waals surface area contributed by atoms with Crippen LogP contribution in [0.1, 0.15) is 5.56 Å². The second-order valence-corrected chi connectivity index (χ2v) is 5.77. The lowest BCUT2D eigenvalue weighted by Crippen LogP contribution is -1.95. The molecule has 0 aromatic heterocycles. The SMILES string of the molecule is COc1cccc(C=CS(=O)(=O)c2ccccc2)c1. The fourth-order valence-electron chi connectivity index (χ4n) is 1.60. The summed E-state index contributed by atoms with van der Waals surface area (Å²) < 4.78 is 29.2. The monoisotopic (exact) mass is 274 g/mol. The highest BCUT2D eigenvalue weighted by atomic mass is 32.2. The van der Waals surface area contributed by atoms with Crippen LogP contribution < -0.4 is 4.74 Å². The zero-order valence-electron chi connectivity index (χ0n) is 10.5. The summed E-state index contributed by atoms with van der Waals surface area (Å²) in [5.41, 5.74) is 0.777. The van der Waals surface area contributed by atoms with Crippen LogP contribution in [0.25, 0.3) is 6.08 Å². The van der Waals surface area contributed by atoms with Crippen molar-refractivity contribution in [1.82, 2.24) is 0 Å². The average molecular weight is 274 g/mol. The van der Waals surface area contributed by atoms with Gasteiger partial charge in [0.15, 0.2) is 9.84 Å². The molecule has 0 heterocycles. The van der Waals surface area contributed by atoms with Crippen molar-refractivity contribution in [2.45, 2.75) is 4.90 Å². The molecule has 2 rings (SSSR count). The number of benzene rings is 2. The first-order valence-electron chi connectivity index (χ1n) is 5.74. The molecule has 2 aromatic rings. The molecule has 0 amide bonds. The van der Waals surface area contributed by atoms with Crippen LogP contribution in [0.2, 0.25) is 0 Å². The maximum atomic E-state index is 12.0. The maximum absolute atomic E-state index is 12.0. The van der Waals surface area contributed by atoms with Gasteiger partial charge in [0, 0.05) is 5.41 Å². The molecule has 0 unspecified atom stereocenters. The zero-order valence-corrected chi connectivity index (χ0v) is 11.3. The van der Waals surface area contributed by atoms with Gasteiger partial charge in [-0.1, -0.05) is 30.3 Å². The second kappa shape index (κ2) is 5.71. The molecule has 0 N–H and O–H groups in total. The third-order valence-corrected chi connectivity index (χ3v) is 4.03. The minimum absolute atomic E-state index is 0.286. The molecule has 0 fully saturated rings. The number of rotatable bonds is 4. The van der Waals surface area contributed by atoms with E-state index in [-0.39, 0.29) is 4.90 Å². The minimum atomic E-state index is -3.40. The van der Waals surface area contributed by atoms with Crippen LogP contribution in [0, 0.1) is 0 Å². The van der Waals surface area contributed by atoms with E-state index in [0.29, 0.717) is 5.75 Å². The summed E-state index contributed by atoms with van der Waals surface area (Å²) in [7, 11) is -1.83. The zero-order chi connectivity index (χ0) is 13.7. The van der Waals surface area contributed by atoms with Crippen molar-refractivity contribution in [3.05, 3.63) is 65.6 Å². The summed E-state index contributed by atoms with van der Waals surface area (Å²) in [5, 5.41) is 1.21. The molecule has 0 aliphatic rings. The van der Waals surface area contributed by atoms with E-state index < -0.39 is 9.84 Å². The van der Waals surface area contributed by atoms with Crippen LogP contribution in [0.15, 0.2) is 64.9 Å². The van der Waals surface area contributed by atoms with E-state index in [2.05, 4.69) is 0 Å². The Hall–Kier alpha value is -2.07. The third-order valence-electron chi connectivity index (χ3n) is 2.61. The number of hydrogen-bond donors (Lipinski definition) is 0. The average Bonchev–Trinajstić information content (AvgIpc) is 2.46. The second-order valence-electron chi connectivity index (χ2n) is 3.94. The van der Waals surface area contributed by atoms with Gasteiger partial charge in [-0.15, -0.1) is 0 Å². The van der Waals surface area contributed by atoms with Gasteiger partial charge in [-0.25, -0.2) is 8.42 Å². The van der Waals surface area contributed by atoms with Crippen molar-refractivity contribution >= 4 is 15.9 Å². The van der Waals surface area contributed by atoms with Crippen LogP contribution in [-0.4, -0.2) is 15.5 Å². The number of hydrogen-bond acceptors (Lipinski definition) is 3. The predicted octanol–water partition coefficient (Wildman–Crippen LogP) is 3.14. The van der Waals surface area contributed by atoms with Gasteiger partial charge in [-0.2, -0.15) is 0 Å². The van der Waals surface area contributed by atoms with E-state index in [1.54, 1.807) is 49.6 Å². The van der Waals surface area contributed by atoms with Gasteiger partial charge < -0.3 is 4.74 Å². The molecular weight excluding hydrogens is 260 g/mol. The van der Waals surface area contributed by atoms with E-state index in [0.717, 1.165) is 5.56 Å². The molecular formula is C15H14O3S. The van der Waals surface area contributed by atoms with Gasteiger partial charge >= 0.3 is 0 Å². The molecule has 0 radical (unpaired) electrons. The van der Waals surface area contributed by atoms with Crippen molar-refractivity contribution in [3.8, 4) is 5.75 Å². The Morgan fingerprint density at radius 1 is 1.00 bits per heavy atom. The van der Waals surface area contributed by atoms with Crippen molar-refractivity contribution in [2.24, 2.45) is 0 Å². The Morgan fingerprint density at radius 3 is 2.42 bits per heavy atom. The smallest absolute Gasteiger partial charge is 0.199 e. The highest BCUT2D eigenvalue weighted by molar-refractivity contribution is 7.94. The normalized spacial score (nSPS) is 11.6. The molecule has 0 atom stereocenters. The first kappa shape index (κ1) is 13.4. The van der Waals surface area contributed by atoms with Gasteiger partial charge in [-0.3, -0.25) is 0 Å². The molecule has 98 valence electrons. The van der Waals surface area contributed by atoms with Crippen molar-refractivity contribution in [1.29, 1.82) is 0 Å². The summed E-state index contributed by atoms with van der Waals surface area (Å²) >= 11 is 0. The molecule has 0 saturated heterocycles. The highest BCUT2D eigenvalue weighted by Gasteiger charge is 2.08. The molecule has 0 aliphatic carbocycles. The molecule has 0 spiro atoms. The Morgan fingerprint density at radius 2 is 1.74 bits per heavy atom. The summed E-state index contributed by atoms with van der Waals surface area (Å²) in [4.78, 5) is 0.286. The topological polar surface area (TPSA) is 43.4 Å². The number of methoxy groups -OCH3 is 1. The largest absolute Gasteiger partial charge is 0.497 e. The summed E-state index contributed by atoms with van der Waals surface area (Å²) in [5.74, 6) is 0.694. The van der Waals surface area contributed by atoms with Gasteiger partial charge in [0.25, 0.3) is 0 Å². The first-order chi connectivity index (χ1) is 9.12. The van der Waals surface area contributed by atoms with Gasteiger partial charge in [0.1, 0.15) is 5.75 Å². The Bertz CT molecular complexity index is 674. The van der Waals surface area contributed by atoms with Crippen LogP contribution in [0.4, 0.5) is 0 Å². The highest BCUT2D eigenvalue weighted by Crippen LogP contribution is 2.16. The van der Waals surface area contributed by atoms with E-state index >= 15 is 0 Å². The van der Waals surface area contributed by atoms with Crippen LogP contribution in [0.3, 0.4) is 0 Å². The Labute approximate surface area is 113 Å². The molecule has 0 bridgehead atoms. The Balaban J connectivity index is 2.27. The third kappa shape index (κ3) is 3.45. The van der Waals surface area contributed by atoms with Crippen LogP contribution >= 0.6 is 0 Å². The van der Waals surface area contributed by atoms with Gasteiger partial charge in [0.2, 0.25) is 0 Å². The van der Waals surface area contributed by atoms with Crippen LogP contribution in [0.5, 0.6) is 5.75 Å². The summed E-state index contributed by atoms with van der Waals surface area (Å²) in [6.45, 7) is 0. The maximum Gasteiger partial charge on any atom is 0.199 e. The fraction of sp³-hybridized carbons (Fsp3) is 0.0667. The molecule has 4 heteroatoms. The molecule has 2 aromatic carbocycles. The fourth-order valence-corrected chi connectivity index (χ4v) is 2.63. The van der Waals surface area contributed by atoms with E-state index in [4.69, 9.17) is 4.74 Å². The molecule has 3 nitrogen and oxygen atoms in total. The molecule has 19 heavy (non-hydrogen) atoms. The lowest BCUT2D eigenvalue weighted by molar-refractivity contribution is 0.414. The van der Waals surface area contributed by atoms with Gasteiger partial charge in [-0.05, 0) is 35.9 Å². The first-order valence-corrected chi connectivity index (χ1v) is 7.29. The van der Waals surface area contributed by atoms with Crippen molar-refractivity contribution in [2.75, 3.05) is 7.11 Å². The van der Waals surface area contributed by atoms with Gasteiger partial charge in [0.05, 0.1) is 12.0 Å². The lowest BCUT2D eigenvalue weighted by Gasteiger charge is -2.01. The lowest BCUT2D eigenvalue weighted by atomic mass is 10.2. The van der Waals surface area contributed by atoms with E-state index in [9.17, 15) is 8.42 Å². The summed E-state index contributed by atoms with van der Waals surface area (Å²) in [6, 6.07) is 15.5. The Kier molecular flexibility index (Phi) is 4.02. The standard InChI is InChI=1S/C15H14O3S/c1-18-14-7-5-6-13(12-14)10-11-19(16,17)15-8-3-2-4-9-15/h2-12H,1H3. The van der Waals surface area contributed by atoms with Crippen molar-refractivity contribution in [3.63, 3.8) is 0 Å². The van der Waals surface area contributed by atoms with Crippen LogP contribution in [-0.2, 0) is 9.84 Å². The minimum Gasteiger partial charge on any atom is -0.497 e. The van der Waals surface area contributed by atoms with E-state index in [1.807, 2.05) is 18.2 Å².